The number of benzene rings is 2. The van der Waals surface area contributed by atoms with Gasteiger partial charge in [0.1, 0.15) is 5.75 Å². The molecule has 156 valence electrons. The molecule has 0 radical (unpaired) electrons. The summed E-state index contributed by atoms with van der Waals surface area (Å²) < 4.78 is 33.5. The predicted molar refractivity (Wildman–Crippen MR) is 115 cm³/mol. The smallest absolute Gasteiger partial charge is 0.243 e. The fraction of sp³-hybridized carbons (Fsp3) is 0.381. The van der Waals surface area contributed by atoms with Gasteiger partial charge in [-0.05, 0) is 49.2 Å². The normalized spacial score (nSPS) is 15.3. The number of nitrogens with zero attached hydrogens (tertiary/aromatic N) is 2. The first-order valence-electron chi connectivity index (χ1n) is 9.66. The molecule has 1 aliphatic rings. The highest BCUT2D eigenvalue weighted by atomic mass is 79.9. The number of halogens is 1. The van der Waals surface area contributed by atoms with Crippen LogP contribution in [0.15, 0.2) is 57.9 Å². The molecule has 8 heteroatoms. The van der Waals surface area contributed by atoms with E-state index in [1.54, 1.807) is 29.2 Å². The molecule has 1 aliphatic heterocycles. The molecule has 0 aromatic heterocycles. The van der Waals surface area contributed by atoms with Crippen molar-refractivity contribution < 1.29 is 17.9 Å². The van der Waals surface area contributed by atoms with Gasteiger partial charge in [0, 0.05) is 37.1 Å². The Hall–Kier alpha value is -1.90. The van der Waals surface area contributed by atoms with E-state index in [9.17, 15) is 13.2 Å². The van der Waals surface area contributed by atoms with Crippen molar-refractivity contribution in [2.45, 2.75) is 24.7 Å². The molecular formula is C21H25BrN2O4S. The molecule has 1 saturated heterocycles. The lowest BCUT2D eigenvalue weighted by atomic mass is 10.1. The molecule has 0 saturated carbocycles. The molecular weight excluding hydrogens is 456 g/mol. The lowest BCUT2D eigenvalue weighted by molar-refractivity contribution is -0.132. The molecule has 0 atom stereocenters. The van der Waals surface area contributed by atoms with Crippen molar-refractivity contribution in [2.75, 3.05) is 32.8 Å². The SMILES string of the molecule is CCOc1ccccc1CCC(=O)N1CCN(S(=O)(=O)c2ccc(Br)cc2)CC1. The summed E-state index contributed by atoms with van der Waals surface area (Å²) in [4.78, 5) is 14.6. The maximum atomic E-state index is 12.8. The third-order valence-corrected chi connectivity index (χ3v) is 7.36. The zero-order valence-corrected chi connectivity index (χ0v) is 18.8. The average Bonchev–Trinajstić information content (AvgIpc) is 2.73. The summed E-state index contributed by atoms with van der Waals surface area (Å²) >= 11 is 3.32. The Morgan fingerprint density at radius 2 is 1.69 bits per heavy atom. The highest BCUT2D eigenvalue weighted by Crippen LogP contribution is 2.22. The Morgan fingerprint density at radius 3 is 2.34 bits per heavy atom. The largest absolute Gasteiger partial charge is 0.494 e. The fourth-order valence-electron chi connectivity index (χ4n) is 3.34. The molecule has 0 aliphatic carbocycles. The maximum absolute atomic E-state index is 12.8. The number of hydrogen-bond donors (Lipinski definition) is 0. The van der Waals surface area contributed by atoms with Gasteiger partial charge in [0.15, 0.2) is 0 Å². The van der Waals surface area contributed by atoms with Crippen molar-refractivity contribution in [2.24, 2.45) is 0 Å². The summed E-state index contributed by atoms with van der Waals surface area (Å²) in [5, 5.41) is 0. The number of hydrogen-bond acceptors (Lipinski definition) is 4. The zero-order chi connectivity index (χ0) is 20.9. The second-order valence-corrected chi connectivity index (χ2v) is 9.63. The van der Waals surface area contributed by atoms with Gasteiger partial charge in [-0.2, -0.15) is 4.31 Å². The van der Waals surface area contributed by atoms with Gasteiger partial charge in [0.2, 0.25) is 15.9 Å². The Kier molecular flexibility index (Phi) is 7.32. The number of para-hydroxylation sites is 1. The molecule has 1 heterocycles. The van der Waals surface area contributed by atoms with Gasteiger partial charge in [0.05, 0.1) is 11.5 Å². The van der Waals surface area contributed by atoms with E-state index in [0.29, 0.717) is 45.6 Å². The molecule has 3 rings (SSSR count). The van der Waals surface area contributed by atoms with Crippen LogP contribution < -0.4 is 4.74 Å². The maximum Gasteiger partial charge on any atom is 0.243 e. The van der Waals surface area contributed by atoms with Crippen LogP contribution in [0.3, 0.4) is 0 Å². The Labute approximate surface area is 180 Å². The van der Waals surface area contributed by atoms with E-state index in [0.717, 1.165) is 15.8 Å². The van der Waals surface area contributed by atoms with E-state index >= 15 is 0 Å². The van der Waals surface area contributed by atoms with Crippen LogP contribution in [-0.2, 0) is 21.2 Å². The Bertz CT molecular complexity index is 939. The summed E-state index contributed by atoms with van der Waals surface area (Å²) in [6, 6.07) is 14.4. The molecule has 1 fully saturated rings. The van der Waals surface area contributed by atoms with E-state index in [4.69, 9.17) is 4.74 Å². The van der Waals surface area contributed by atoms with Crippen molar-refractivity contribution in [1.82, 2.24) is 9.21 Å². The lowest BCUT2D eigenvalue weighted by Gasteiger charge is -2.34. The molecule has 0 N–H and O–H groups in total. The van der Waals surface area contributed by atoms with Crippen LogP contribution in [0, 0.1) is 0 Å². The van der Waals surface area contributed by atoms with Crippen LogP contribution in [0.2, 0.25) is 0 Å². The molecule has 0 unspecified atom stereocenters. The monoisotopic (exact) mass is 480 g/mol. The standard InChI is InChI=1S/C21H25BrN2O4S/c1-2-28-20-6-4-3-5-17(20)7-12-21(25)23-13-15-24(16-14-23)29(26,27)19-10-8-18(22)9-11-19/h3-6,8-11H,2,7,12-16H2,1H3. The van der Waals surface area contributed by atoms with Crippen molar-refractivity contribution >= 4 is 31.9 Å². The molecule has 2 aromatic rings. The van der Waals surface area contributed by atoms with Crippen molar-refractivity contribution in [3.05, 3.63) is 58.6 Å². The minimum absolute atomic E-state index is 0.0389. The number of amides is 1. The molecule has 1 amide bonds. The second-order valence-electron chi connectivity index (χ2n) is 6.78. The minimum Gasteiger partial charge on any atom is -0.494 e. The van der Waals surface area contributed by atoms with Crippen LogP contribution in [0.4, 0.5) is 0 Å². The third-order valence-electron chi connectivity index (χ3n) is 4.92. The second kappa shape index (κ2) is 9.73. The molecule has 6 nitrogen and oxygen atoms in total. The number of sulfonamides is 1. The van der Waals surface area contributed by atoms with Crippen LogP contribution in [0.25, 0.3) is 0 Å². The Balaban J connectivity index is 1.55. The van der Waals surface area contributed by atoms with E-state index in [1.165, 1.54) is 4.31 Å². The Morgan fingerprint density at radius 1 is 1.03 bits per heavy atom. The van der Waals surface area contributed by atoms with Gasteiger partial charge in [-0.1, -0.05) is 34.1 Å². The highest BCUT2D eigenvalue weighted by Gasteiger charge is 2.30. The average molecular weight is 481 g/mol. The third kappa shape index (κ3) is 5.38. The van der Waals surface area contributed by atoms with E-state index in [2.05, 4.69) is 15.9 Å². The number of carbonyl (C=O) groups excluding carboxylic acids is 1. The first kappa shape index (κ1) is 21.8. The fourth-order valence-corrected chi connectivity index (χ4v) is 5.03. The molecule has 29 heavy (non-hydrogen) atoms. The van der Waals surface area contributed by atoms with Crippen LogP contribution in [0.5, 0.6) is 5.75 Å². The van der Waals surface area contributed by atoms with E-state index < -0.39 is 10.0 Å². The van der Waals surface area contributed by atoms with Crippen molar-refractivity contribution in [1.29, 1.82) is 0 Å². The number of carbonyl (C=O) groups is 1. The van der Waals surface area contributed by atoms with Crippen molar-refractivity contribution in [3.63, 3.8) is 0 Å². The summed E-state index contributed by atoms with van der Waals surface area (Å²) in [7, 11) is -3.54. The van der Waals surface area contributed by atoms with Gasteiger partial charge in [-0.25, -0.2) is 8.42 Å². The molecule has 0 bridgehead atoms. The highest BCUT2D eigenvalue weighted by molar-refractivity contribution is 9.10. The van der Waals surface area contributed by atoms with Gasteiger partial charge >= 0.3 is 0 Å². The molecule has 2 aromatic carbocycles. The summed E-state index contributed by atoms with van der Waals surface area (Å²) in [6.45, 7) is 3.94. The van der Waals surface area contributed by atoms with Gasteiger partial charge in [-0.3, -0.25) is 4.79 Å². The number of piperazine rings is 1. The number of ether oxygens (including phenoxy) is 1. The number of rotatable bonds is 7. The quantitative estimate of drug-likeness (QED) is 0.609. The summed E-state index contributed by atoms with van der Waals surface area (Å²) in [6.07, 6.45) is 0.982. The van der Waals surface area contributed by atoms with Gasteiger partial charge in [-0.15, -0.1) is 0 Å². The topological polar surface area (TPSA) is 66.9 Å². The van der Waals surface area contributed by atoms with Crippen LogP contribution in [0.1, 0.15) is 18.9 Å². The van der Waals surface area contributed by atoms with Gasteiger partial charge < -0.3 is 9.64 Å². The predicted octanol–water partition coefficient (Wildman–Crippen LogP) is 3.31. The molecule has 0 spiro atoms. The van der Waals surface area contributed by atoms with Gasteiger partial charge in [0.25, 0.3) is 0 Å². The van der Waals surface area contributed by atoms with E-state index in [-0.39, 0.29) is 10.8 Å². The summed E-state index contributed by atoms with van der Waals surface area (Å²) in [5.74, 6) is 0.852. The number of aryl methyl sites for hydroxylation is 1. The lowest BCUT2D eigenvalue weighted by Crippen LogP contribution is -2.50. The zero-order valence-electron chi connectivity index (χ0n) is 16.4. The van der Waals surface area contributed by atoms with Crippen LogP contribution in [-0.4, -0.2) is 56.3 Å². The first-order valence-corrected chi connectivity index (χ1v) is 11.9. The van der Waals surface area contributed by atoms with Crippen molar-refractivity contribution in [3.8, 4) is 5.75 Å². The van der Waals surface area contributed by atoms with E-state index in [1.807, 2.05) is 31.2 Å². The first-order chi connectivity index (χ1) is 13.9. The minimum atomic E-state index is -3.54. The summed E-state index contributed by atoms with van der Waals surface area (Å²) in [5.41, 5.74) is 1.01. The van der Waals surface area contributed by atoms with Crippen LogP contribution >= 0.6 is 15.9 Å².